The van der Waals surface area contributed by atoms with Crippen LogP contribution in [0, 0.1) is 0 Å². The molecular weight excluding hydrogens is 320 g/mol. The van der Waals surface area contributed by atoms with Crippen LogP contribution in [-0.4, -0.2) is 26.4 Å². The molecule has 1 saturated carbocycles. The molecule has 0 aliphatic heterocycles. The van der Waals surface area contributed by atoms with Gasteiger partial charge in [0, 0.05) is 13.0 Å². The van der Waals surface area contributed by atoms with E-state index in [0.29, 0.717) is 11.7 Å². The Bertz CT molecular complexity index is 706. The van der Waals surface area contributed by atoms with Gasteiger partial charge in [0.1, 0.15) is 5.82 Å². The number of nitrogens with zero attached hydrogens (tertiary/aromatic N) is 3. The molecule has 1 N–H and O–H groups in total. The summed E-state index contributed by atoms with van der Waals surface area (Å²) in [5, 5.41) is 12.3. The monoisotopic (exact) mass is 344 g/mol. The molecule has 1 heterocycles. The minimum absolute atomic E-state index is 0.00512. The number of aromatic nitrogens is 3. The van der Waals surface area contributed by atoms with E-state index in [1.165, 1.54) is 30.2 Å². The molecule has 0 bridgehead atoms. The molecule has 2 aromatic rings. The summed E-state index contributed by atoms with van der Waals surface area (Å²) in [6.45, 7) is 4.15. The molecule has 0 unspecified atom stereocenters. The summed E-state index contributed by atoms with van der Waals surface area (Å²) in [4.78, 5) is 12.2. The molecule has 0 saturated heterocycles. The van der Waals surface area contributed by atoms with Crippen molar-refractivity contribution in [3.63, 3.8) is 0 Å². The van der Waals surface area contributed by atoms with Crippen LogP contribution in [0.4, 0.5) is 0 Å². The van der Waals surface area contributed by atoms with E-state index in [1.807, 2.05) is 18.5 Å². The second-order valence-corrected chi connectivity index (χ2v) is 7.29. The zero-order valence-electron chi connectivity index (χ0n) is 14.5. The molecule has 1 aliphatic rings. The number of nitrogens with one attached hydrogen (secondary N) is 1. The summed E-state index contributed by atoms with van der Waals surface area (Å²) in [5.41, 5.74) is 2.43. The highest BCUT2D eigenvalue weighted by molar-refractivity contribution is 7.99. The van der Waals surface area contributed by atoms with Crippen molar-refractivity contribution in [2.45, 2.75) is 50.2 Å². The zero-order chi connectivity index (χ0) is 17.1. The Kier molecular flexibility index (Phi) is 5.23. The second kappa shape index (κ2) is 7.38. The Hall–Kier alpha value is -1.82. The Morgan fingerprint density at radius 3 is 2.67 bits per heavy atom. The van der Waals surface area contributed by atoms with E-state index < -0.39 is 0 Å². The normalized spacial score (nSPS) is 15.3. The van der Waals surface area contributed by atoms with Crippen molar-refractivity contribution in [3.05, 3.63) is 41.2 Å². The Labute approximate surface area is 147 Å². The van der Waals surface area contributed by atoms with Crippen molar-refractivity contribution < 1.29 is 4.79 Å². The van der Waals surface area contributed by atoms with Crippen molar-refractivity contribution in [1.82, 2.24) is 20.1 Å². The first-order valence-corrected chi connectivity index (χ1v) is 9.47. The highest BCUT2D eigenvalue weighted by Crippen LogP contribution is 2.39. The first-order valence-electron chi connectivity index (χ1n) is 8.48. The van der Waals surface area contributed by atoms with Crippen molar-refractivity contribution in [3.8, 4) is 0 Å². The maximum atomic E-state index is 12.2. The second-order valence-electron chi connectivity index (χ2n) is 6.35. The number of carbonyl (C=O) groups excluding carboxylic acids is 1. The van der Waals surface area contributed by atoms with Crippen LogP contribution < -0.4 is 5.32 Å². The SMILES string of the molecule is CCc1ccc([C@@H](C)NC(=O)CSc2nnc(C3CC3)n2C)cc1. The molecule has 1 aliphatic carbocycles. The number of thioether (sulfide) groups is 1. The van der Waals surface area contributed by atoms with E-state index in [2.05, 4.69) is 46.7 Å². The van der Waals surface area contributed by atoms with Gasteiger partial charge in [0.25, 0.3) is 0 Å². The Morgan fingerprint density at radius 2 is 2.04 bits per heavy atom. The highest BCUT2D eigenvalue weighted by Gasteiger charge is 2.29. The maximum absolute atomic E-state index is 12.2. The number of aryl methyl sites for hydroxylation is 1. The number of hydrogen-bond acceptors (Lipinski definition) is 4. The molecule has 0 spiro atoms. The lowest BCUT2D eigenvalue weighted by Gasteiger charge is -2.14. The van der Waals surface area contributed by atoms with Crippen LogP contribution in [-0.2, 0) is 18.3 Å². The smallest absolute Gasteiger partial charge is 0.230 e. The molecule has 0 radical (unpaired) electrons. The summed E-state index contributed by atoms with van der Waals surface area (Å²) in [6.07, 6.45) is 3.43. The van der Waals surface area contributed by atoms with Gasteiger partial charge in [-0.15, -0.1) is 10.2 Å². The predicted molar refractivity (Wildman–Crippen MR) is 96.1 cm³/mol. The van der Waals surface area contributed by atoms with Crippen LogP contribution in [0.15, 0.2) is 29.4 Å². The van der Waals surface area contributed by atoms with E-state index in [0.717, 1.165) is 23.0 Å². The predicted octanol–water partition coefficient (Wildman–Crippen LogP) is 3.22. The lowest BCUT2D eigenvalue weighted by atomic mass is 10.1. The first-order chi connectivity index (χ1) is 11.6. The van der Waals surface area contributed by atoms with Gasteiger partial charge < -0.3 is 9.88 Å². The lowest BCUT2D eigenvalue weighted by Crippen LogP contribution is -2.28. The number of carbonyl (C=O) groups is 1. The fourth-order valence-corrected chi connectivity index (χ4v) is 3.42. The average Bonchev–Trinajstić information content (AvgIpc) is 3.36. The van der Waals surface area contributed by atoms with Gasteiger partial charge in [0.15, 0.2) is 5.16 Å². The molecule has 3 rings (SSSR count). The minimum Gasteiger partial charge on any atom is -0.349 e. The van der Waals surface area contributed by atoms with Crippen LogP contribution in [0.2, 0.25) is 0 Å². The lowest BCUT2D eigenvalue weighted by molar-refractivity contribution is -0.119. The van der Waals surface area contributed by atoms with E-state index >= 15 is 0 Å². The van der Waals surface area contributed by atoms with Gasteiger partial charge in [0.2, 0.25) is 5.91 Å². The fraction of sp³-hybridized carbons (Fsp3) is 0.500. The molecule has 1 aromatic carbocycles. The van der Waals surface area contributed by atoms with Crippen LogP contribution >= 0.6 is 11.8 Å². The van der Waals surface area contributed by atoms with Crippen molar-refractivity contribution in [2.24, 2.45) is 7.05 Å². The van der Waals surface area contributed by atoms with Crippen LogP contribution in [0.5, 0.6) is 0 Å². The number of amides is 1. The van der Waals surface area contributed by atoms with Gasteiger partial charge in [-0.05, 0) is 37.3 Å². The summed E-state index contributed by atoms with van der Waals surface area (Å²) in [6, 6.07) is 8.41. The molecular formula is C18H24N4OS. The number of hydrogen-bond donors (Lipinski definition) is 1. The van der Waals surface area contributed by atoms with Crippen molar-refractivity contribution in [1.29, 1.82) is 0 Å². The molecule has 128 valence electrons. The summed E-state index contributed by atoms with van der Waals surface area (Å²) < 4.78 is 2.02. The van der Waals surface area contributed by atoms with Gasteiger partial charge >= 0.3 is 0 Å². The van der Waals surface area contributed by atoms with Gasteiger partial charge in [-0.3, -0.25) is 4.79 Å². The molecule has 6 heteroatoms. The van der Waals surface area contributed by atoms with E-state index in [4.69, 9.17) is 0 Å². The molecule has 5 nitrogen and oxygen atoms in total. The number of benzene rings is 1. The summed E-state index contributed by atoms with van der Waals surface area (Å²) in [5.74, 6) is 1.98. The maximum Gasteiger partial charge on any atom is 0.230 e. The Morgan fingerprint density at radius 1 is 1.33 bits per heavy atom. The largest absolute Gasteiger partial charge is 0.349 e. The van der Waals surface area contributed by atoms with Crippen molar-refractivity contribution >= 4 is 17.7 Å². The molecule has 1 aromatic heterocycles. The molecule has 1 fully saturated rings. The van der Waals surface area contributed by atoms with Crippen LogP contribution in [0.3, 0.4) is 0 Å². The average molecular weight is 344 g/mol. The number of rotatable bonds is 7. The summed E-state index contributed by atoms with van der Waals surface area (Å²) in [7, 11) is 1.98. The molecule has 1 atom stereocenters. The Balaban J connectivity index is 1.51. The zero-order valence-corrected chi connectivity index (χ0v) is 15.3. The van der Waals surface area contributed by atoms with Gasteiger partial charge in [0.05, 0.1) is 11.8 Å². The van der Waals surface area contributed by atoms with E-state index in [-0.39, 0.29) is 11.9 Å². The summed E-state index contributed by atoms with van der Waals surface area (Å²) >= 11 is 1.44. The fourth-order valence-electron chi connectivity index (χ4n) is 2.69. The third-order valence-corrected chi connectivity index (χ3v) is 5.43. The standard InChI is InChI=1S/C18H24N4OS/c1-4-13-5-7-14(8-6-13)12(2)19-16(23)11-24-18-21-20-17(22(18)3)15-9-10-15/h5-8,12,15H,4,9-11H2,1-3H3,(H,19,23)/t12-/m1/s1. The van der Waals surface area contributed by atoms with Crippen LogP contribution in [0.25, 0.3) is 0 Å². The molecule has 1 amide bonds. The van der Waals surface area contributed by atoms with Gasteiger partial charge in [-0.2, -0.15) is 0 Å². The first kappa shape index (κ1) is 17.0. The minimum atomic E-state index is 0.00512. The third kappa shape index (κ3) is 3.98. The van der Waals surface area contributed by atoms with Gasteiger partial charge in [-0.25, -0.2) is 0 Å². The van der Waals surface area contributed by atoms with Crippen molar-refractivity contribution in [2.75, 3.05) is 5.75 Å². The topological polar surface area (TPSA) is 59.8 Å². The molecule has 24 heavy (non-hydrogen) atoms. The van der Waals surface area contributed by atoms with Gasteiger partial charge in [-0.1, -0.05) is 43.0 Å². The highest BCUT2D eigenvalue weighted by atomic mass is 32.2. The third-order valence-electron chi connectivity index (χ3n) is 4.41. The quantitative estimate of drug-likeness (QED) is 0.784. The van der Waals surface area contributed by atoms with E-state index in [1.54, 1.807) is 0 Å². The van der Waals surface area contributed by atoms with E-state index in [9.17, 15) is 4.79 Å². The van der Waals surface area contributed by atoms with Crippen LogP contribution in [0.1, 0.15) is 55.6 Å².